The van der Waals surface area contributed by atoms with E-state index in [0.29, 0.717) is 18.3 Å². The van der Waals surface area contributed by atoms with Gasteiger partial charge in [-0.15, -0.1) is 11.3 Å². The number of ether oxygens (including phenoxy) is 1. The molecular weight excluding hydrogens is 338 g/mol. The van der Waals surface area contributed by atoms with Crippen LogP contribution in [0.25, 0.3) is 0 Å². The standard InChI is InChI=1S/C18H21N3O3S/c1-12-2-6-15(7-3-12)24-10-18-21-14(11-25-18)8-16(22)19-9-17(23)20-13-4-5-13/h2-3,6-7,11,13H,4-5,8-10H2,1H3,(H,19,22)(H,20,23). The molecule has 0 aliphatic heterocycles. The van der Waals surface area contributed by atoms with Gasteiger partial charge in [0.25, 0.3) is 0 Å². The number of nitrogens with zero attached hydrogens (tertiary/aromatic N) is 1. The van der Waals surface area contributed by atoms with Gasteiger partial charge in [0.05, 0.1) is 18.7 Å². The Morgan fingerprint density at radius 1 is 1.24 bits per heavy atom. The lowest BCUT2D eigenvalue weighted by Crippen LogP contribution is -2.38. The fourth-order valence-corrected chi connectivity index (χ4v) is 2.89. The Kier molecular flexibility index (Phi) is 5.65. The maximum absolute atomic E-state index is 11.9. The van der Waals surface area contributed by atoms with E-state index in [4.69, 9.17) is 4.74 Å². The molecule has 132 valence electrons. The normalized spacial score (nSPS) is 13.3. The SMILES string of the molecule is Cc1ccc(OCc2nc(CC(=O)NCC(=O)NC3CC3)cs2)cc1. The highest BCUT2D eigenvalue weighted by Gasteiger charge is 2.23. The number of carbonyl (C=O) groups is 2. The van der Waals surface area contributed by atoms with Gasteiger partial charge in [0.15, 0.2) is 0 Å². The summed E-state index contributed by atoms with van der Waals surface area (Å²) in [5.41, 5.74) is 1.87. The zero-order valence-electron chi connectivity index (χ0n) is 14.1. The van der Waals surface area contributed by atoms with Gasteiger partial charge in [0, 0.05) is 11.4 Å². The van der Waals surface area contributed by atoms with E-state index >= 15 is 0 Å². The molecule has 2 aromatic rings. The number of rotatable bonds is 8. The number of hydrogen-bond acceptors (Lipinski definition) is 5. The maximum atomic E-state index is 11.9. The average Bonchev–Trinajstić information content (AvgIpc) is 3.29. The van der Waals surface area contributed by atoms with Crippen LogP contribution < -0.4 is 15.4 Å². The minimum atomic E-state index is -0.206. The number of hydrogen-bond donors (Lipinski definition) is 2. The number of amides is 2. The molecule has 25 heavy (non-hydrogen) atoms. The van der Waals surface area contributed by atoms with E-state index < -0.39 is 0 Å². The van der Waals surface area contributed by atoms with Crippen LogP contribution in [0.3, 0.4) is 0 Å². The number of nitrogens with one attached hydrogen (secondary N) is 2. The zero-order chi connectivity index (χ0) is 17.6. The molecule has 6 nitrogen and oxygen atoms in total. The average molecular weight is 359 g/mol. The van der Waals surface area contributed by atoms with Gasteiger partial charge in [-0.05, 0) is 31.9 Å². The third-order valence-corrected chi connectivity index (χ3v) is 4.58. The minimum Gasteiger partial charge on any atom is -0.486 e. The molecule has 0 bridgehead atoms. The van der Waals surface area contributed by atoms with E-state index in [1.165, 1.54) is 16.9 Å². The molecule has 0 unspecified atom stereocenters. The molecule has 7 heteroatoms. The van der Waals surface area contributed by atoms with Gasteiger partial charge in [0.1, 0.15) is 17.4 Å². The molecule has 3 rings (SSSR count). The predicted molar refractivity (Wildman–Crippen MR) is 95.5 cm³/mol. The number of carbonyl (C=O) groups excluding carboxylic acids is 2. The Labute approximate surface area is 150 Å². The van der Waals surface area contributed by atoms with Crippen molar-refractivity contribution in [2.45, 2.75) is 38.8 Å². The van der Waals surface area contributed by atoms with Gasteiger partial charge in [-0.1, -0.05) is 17.7 Å². The second-order valence-corrected chi connectivity index (χ2v) is 7.07. The molecule has 1 aliphatic carbocycles. The maximum Gasteiger partial charge on any atom is 0.239 e. The molecule has 1 fully saturated rings. The summed E-state index contributed by atoms with van der Waals surface area (Å²) in [6, 6.07) is 8.13. The molecule has 1 aliphatic rings. The van der Waals surface area contributed by atoms with E-state index in [1.54, 1.807) is 0 Å². The molecule has 1 aromatic heterocycles. The van der Waals surface area contributed by atoms with Crippen LogP contribution in [0.1, 0.15) is 29.1 Å². The number of aromatic nitrogens is 1. The third-order valence-electron chi connectivity index (χ3n) is 3.71. The van der Waals surface area contributed by atoms with Crippen molar-refractivity contribution in [2.24, 2.45) is 0 Å². The molecule has 0 saturated heterocycles. The summed E-state index contributed by atoms with van der Waals surface area (Å²) in [5.74, 6) is 0.449. The summed E-state index contributed by atoms with van der Waals surface area (Å²) in [4.78, 5) is 27.8. The first-order valence-corrected chi connectivity index (χ1v) is 9.15. The minimum absolute atomic E-state index is 0.0167. The van der Waals surface area contributed by atoms with Crippen molar-refractivity contribution >= 4 is 23.2 Å². The van der Waals surface area contributed by atoms with Crippen molar-refractivity contribution in [1.29, 1.82) is 0 Å². The van der Waals surface area contributed by atoms with Gasteiger partial charge < -0.3 is 15.4 Å². The Morgan fingerprint density at radius 3 is 2.72 bits per heavy atom. The fraction of sp³-hybridized carbons (Fsp3) is 0.389. The van der Waals surface area contributed by atoms with Crippen LogP contribution in [0.5, 0.6) is 5.75 Å². The van der Waals surface area contributed by atoms with Crippen molar-refractivity contribution in [2.75, 3.05) is 6.54 Å². The first-order valence-electron chi connectivity index (χ1n) is 8.27. The number of thiazole rings is 1. The van der Waals surface area contributed by atoms with E-state index in [2.05, 4.69) is 15.6 Å². The second-order valence-electron chi connectivity index (χ2n) is 6.13. The van der Waals surface area contributed by atoms with Crippen molar-refractivity contribution in [3.05, 3.63) is 45.9 Å². The van der Waals surface area contributed by atoms with Crippen LogP contribution in [-0.4, -0.2) is 29.4 Å². The highest BCUT2D eigenvalue weighted by molar-refractivity contribution is 7.09. The molecule has 1 heterocycles. The summed E-state index contributed by atoms with van der Waals surface area (Å²) >= 11 is 1.46. The third kappa shape index (κ3) is 5.86. The lowest BCUT2D eigenvalue weighted by atomic mass is 10.2. The van der Waals surface area contributed by atoms with Crippen molar-refractivity contribution in [1.82, 2.24) is 15.6 Å². The second kappa shape index (κ2) is 8.11. The smallest absolute Gasteiger partial charge is 0.239 e. The molecular formula is C18H21N3O3S. The van der Waals surface area contributed by atoms with Crippen molar-refractivity contribution < 1.29 is 14.3 Å². The zero-order valence-corrected chi connectivity index (χ0v) is 14.9. The van der Waals surface area contributed by atoms with Crippen LogP contribution in [0.2, 0.25) is 0 Å². The van der Waals surface area contributed by atoms with Crippen molar-refractivity contribution in [3.63, 3.8) is 0 Å². The van der Waals surface area contributed by atoms with Crippen molar-refractivity contribution in [3.8, 4) is 5.75 Å². The molecule has 1 aromatic carbocycles. The van der Waals surface area contributed by atoms with E-state index in [-0.39, 0.29) is 24.8 Å². The summed E-state index contributed by atoms with van der Waals surface area (Å²) in [7, 11) is 0. The van der Waals surface area contributed by atoms with Crippen LogP contribution in [0, 0.1) is 6.92 Å². The summed E-state index contributed by atoms with van der Waals surface area (Å²) in [5, 5.41) is 8.11. The lowest BCUT2D eigenvalue weighted by Gasteiger charge is -2.05. The van der Waals surface area contributed by atoms with E-state index in [9.17, 15) is 9.59 Å². The highest BCUT2D eigenvalue weighted by Crippen LogP contribution is 2.18. The first-order chi connectivity index (χ1) is 12.1. The predicted octanol–water partition coefficient (Wildman–Crippen LogP) is 1.97. The molecule has 0 radical (unpaired) electrons. The molecule has 0 atom stereocenters. The van der Waals surface area contributed by atoms with Gasteiger partial charge >= 0.3 is 0 Å². The van der Waals surface area contributed by atoms with Crippen LogP contribution in [0.4, 0.5) is 0 Å². The Morgan fingerprint density at radius 2 is 2.00 bits per heavy atom. The fourth-order valence-electron chi connectivity index (χ4n) is 2.19. The Hall–Kier alpha value is -2.41. The molecule has 2 N–H and O–H groups in total. The monoisotopic (exact) mass is 359 g/mol. The van der Waals surface area contributed by atoms with Gasteiger partial charge in [-0.2, -0.15) is 0 Å². The number of aryl methyl sites for hydroxylation is 1. The van der Waals surface area contributed by atoms with Crippen LogP contribution in [0.15, 0.2) is 29.6 Å². The van der Waals surface area contributed by atoms with Gasteiger partial charge in [-0.25, -0.2) is 4.98 Å². The van der Waals surface area contributed by atoms with E-state index in [0.717, 1.165) is 23.6 Å². The van der Waals surface area contributed by atoms with Crippen LogP contribution in [-0.2, 0) is 22.6 Å². The number of benzene rings is 1. The summed E-state index contributed by atoms with van der Waals surface area (Å²) in [6.07, 6.45) is 2.23. The Bertz CT molecular complexity index is 738. The van der Waals surface area contributed by atoms with Gasteiger partial charge in [-0.3, -0.25) is 9.59 Å². The topological polar surface area (TPSA) is 80.3 Å². The van der Waals surface area contributed by atoms with Crippen LogP contribution >= 0.6 is 11.3 Å². The lowest BCUT2D eigenvalue weighted by molar-refractivity contribution is -0.125. The summed E-state index contributed by atoms with van der Waals surface area (Å²) < 4.78 is 5.68. The Balaban J connectivity index is 1.40. The van der Waals surface area contributed by atoms with E-state index in [1.807, 2.05) is 36.6 Å². The largest absolute Gasteiger partial charge is 0.486 e. The molecule has 1 saturated carbocycles. The van der Waals surface area contributed by atoms with Gasteiger partial charge in [0.2, 0.25) is 11.8 Å². The first kappa shape index (κ1) is 17.4. The quantitative estimate of drug-likeness (QED) is 0.755. The molecule has 0 spiro atoms. The highest BCUT2D eigenvalue weighted by atomic mass is 32.1. The summed E-state index contributed by atoms with van der Waals surface area (Å²) in [6.45, 7) is 2.42. The molecule has 2 amide bonds.